The molecule has 0 unspecified atom stereocenters. The second kappa shape index (κ2) is 6.91. The van der Waals surface area contributed by atoms with Crippen LogP contribution in [-0.2, 0) is 12.2 Å². The van der Waals surface area contributed by atoms with Crippen molar-refractivity contribution >= 4 is 29.3 Å². The van der Waals surface area contributed by atoms with Gasteiger partial charge in [-0.1, -0.05) is 36.7 Å². The van der Waals surface area contributed by atoms with Crippen LogP contribution >= 0.6 is 23.4 Å². The normalized spacial score (nSPS) is 10.6. The molecular weight excluding hydrogens is 308 g/mol. The Morgan fingerprint density at radius 1 is 1.33 bits per heavy atom. The van der Waals surface area contributed by atoms with Crippen molar-refractivity contribution < 1.29 is 9.90 Å². The number of aromatic nitrogens is 2. The fourth-order valence-electron chi connectivity index (χ4n) is 1.87. The number of carboxylic acid groups (broad SMARTS) is 1. The lowest BCUT2D eigenvalue weighted by Gasteiger charge is -2.10. The molecule has 0 aliphatic carbocycles. The molecule has 0 fully saturated rings. The molecule has 110 valence electrons. The van der Waals surface area contributed by atoms with E-state index >= 15 is 0 Å². The molecule has 0 aliphatic rings. The summed E-state index contributed by atoms with van der Waals surface area (Å²) in [4.78, 5) is 20.0. The van der Waals surface area contributed by atoms with Crippen molar-refractivity contribution in [3.8, 4) is 0 Å². The lowest BCUT2D eigenvalue weighted by Crippen LogP contribution is -2.09. The van der Waals surface area contributed by atoms with Gasteiger partial charge in [0.1, 0.15) is 16.4 Å². The fraction of sp³-hybridized carbons (Fsp3) is 0.267. The molecule has 2 aromatic rings. The van der Waals surface area contributed by atoms with Gasteiger partial charge in [0.05, 0.1) is 5.69 Å². The SMILES string of the molecule is CCc1nc(C)c(C(=O)O)c(SCc2ccccc2Cl)n1. The third-order valence-corrected chi connectivity index (χ3v) is 4.35. The summed E-state index contributed by atoms with van der Waals surface area (Å²) in [6.45, 7) is 3.64. The number of hydrogen-bond donors (Lipinski definition) is 1. The molecule has 0 atom stereocenters. The summed E-state index contributed by atoms with van der Waals surface area (Å²) in [6, 6.07) is 7.51. The number of hydrogen-bond acceptors (Lipinski definition) is 4. The van der Waals surface area contributed by atoms with E-state index in [0.29, 0.717) is 33.7 Å². The van der Waals surface area contributed by atoms with Gasteiger partial charge in [-0.15, -0.1) is 11.8 Å². The zero-order valence-corrected chi connectivity index (χ0v) is 13.3. The number of thioether (sulfide) groups is 1. The second-order valence-electron chi connectivity index (χ2n) is 4.44. The van der Waals surface area contributed by atoms with Crippen LogP contribution in [-0.4, -0.2) is 21.0 Å². The topological polar surface area (TPSA) is 63.1 Å². The predicted octanol–water partition coefficient (Wildman–Crippen LogP) is 3.99. The summed E-state index contributed by atoms with van der Waals surface area (Å²) in [5.74, 6) is 0.218. The maximum atomic E-state index is 11.4. The van der Waals surface area contributed by atoms with Gasteiger partial charge in [-0.25, -0.2) is 14.8 Å². The number of rotatable bonds is 5. The Bertz CT molecular complexity index is 677. The van der Waals surface area contributed by atoms with E-state index in [1.165, 1.54) is 11.8 Å². The third-order valence-electron chi connectivity index (χ3n) is 2.96. The van der Waals surface area contributed by atoms with Gasteiger partial charge in [0.15, 0.2) is 0 Å². The maximum absolute atomic E-state index is 11.4. The zero-order valence-electron chi connectivity index (χ0n) is 11.8. The average Bonchev–Trinajstić information content (AvgIpc) is 2.45. The molecule has 2 rings (SSSR count). The summed E-state index contributed by atoms with van der Waals surface area (Å²) < 4.78 is 0. The molecule has 1 N–H and O–H groups in total. The van der Waals surface area contributed by atoms with E-state index in [2.05, 4.69) is 9.97 Å². The number of nitrogens with zero attached hydrogens (tertiary/aromatic N) is 2. The number of carbonyl (C=O) groups is 1. The van der Waals surface area contributed by atoms with E-state index in [-0.39, 0.29) is 5.56 Å². The van der Waals surface area contributed by atoms with E-state index < -0.39 is 5.97 Å². The smallest absolute Gasteiger partial charge is 0.340 e. The lowest BCUT2D eigenvalue weighted by molar-refractivity contribution is 0.0690. The molecule has 0 saturated heterocycles. The standard InChI is InChI=1S/C15H15ClN2O2S/c1-3-12-17-9(2)13(15(19)20)14(18-12)21-8-10-6-4-5-7-11(10)16/h4-7H,3,8H2,1-2H3,(H,19,20). The predicted molar refractivity (Wildman–Crippen MR) is 84.1 cm³/mol. The Hall–Kier alpha value is -1.59. The molecule has 4 nitrogen and oxygen atoms in total. The van der Waals surface area contributed by atoms with Gasteiger partial charge in [-0.2, -0.15) is 0 Å². The minimum absolute atomic E-state index is 0.171. The molecule has 1 aromatic heterocycles. The van der Waals surface area contributed by atoms with Crippen LogP contribution in [0.25, 0.3) is 0 Å². The molecule has 0 bridgehead atoms. The Morgan fingerprint density at radius 3 is 2.67 bits per heavy atom. The monoisotopic (exact) mass is 322 g/mol. The van der Waals surface area contributed by atoms with Gasteiger partial charge in [0, 0.05) is 17.2 Å². The van der Waals surface area contributed by atoms with Crippen LogP contribution < -0.4 is 0 Å². The van der Waals surface area contributed by atoms with E-state index in [0.717, 1.165) is 5.56 Å². The third kappa shape index (κ3) is 3.74. The van der Waals surface area contributed by atoms with Gasteiger partial charge in [-0.3, -0.25) is 0 Å². The number of halogens is 1. The lowest BCUT2D eigenvalue weighted by atomic mass is 10.2. The van der Waals surface area contributed by atoms with Crippen molar-refractivity contribution in [3.63, 3.8) is 0 Å². The van der Waals surface area contributed by atoms with E-state index in [1.807, 2.05) is 31.2 Å². The van der Waals surface area contributed by atoms with Crippen molar-refractivity contribution in [1.82, 2.24) is 9.97 Å². The summed E-state index contributed by atoms with van der Waals surface area (Å²) >= 11 is 7.49. The number of benzene rings is 1. The van der Waals surface area contributed by atoms with Gasteiger partial charge >= 0.3 is 5.97 Å². The van der Waals surface area contributed by atoms with Crippen molar-refractivity contribution in [2.75, 3.05) is 0 Å². The molecule has 1 heterocycles. The average molecular weight is 323 g/mol. The molecular formula is C15H15ClN2O2S. The molecule has 0 saturated carbocycles. The first-order chi connectivity index (χ1) is 10.0. The van der Waals surface area contributed by atoms with Gasteiger partial charge < -0.3 is 5.11 Å². The molecule has 0 spiro atoms. The van der Waals surface area contributed by atoms with Crippen molar-refractivity contribution in [1.29, 1.82) is 0 Å². The first-order valence-corrected chi connectivity index (χ1v) is 7.86. The number of aryl methyl sites for hydroxylation is 2. The largest absolute Gasteiger partial charge is 0.478 e. The quantitative estimate of drug-likeness (QED) is 0.666. The minimum Gasteiger partial charge on any atom is -0.478 e. The van der Waals surface area contributed by atoms with Crippen LogP contribution in [0.3, 0.4) is 0 Å². The summed E-state index contributed by atoms with van der Waals surface area (Å²) in [5, 5.41) is 10.5. The zero-order chi connectivity index (χ0) is 15.4. The molecule has 21 heavy (non-hydrogen) atoms. The van der Waals surface area contributed by atoms with E-state index in [9.17, 15) is 9.90 Å². The maximum Gasteiger partial charge on any atom is 0.340 e. The molecule has 1 aromatic carbocycles. The highest BCUT2D eigenvalue weighted by atomic mass is 35.5. The van der Waals surface area contributed by atoms with Crippen molar-refractivity contribution in [2.45, 2.75) is 31.0 Å². The van der Waals surface area contributed by atoms with Crippen LogP contribution in [0.2, 0.25) is 5.02 Å². The Balaban J connectivity index is 2.32. The Labute approximate surface area is 132 Å². The fourth-order valence-corrected chi connectivity index (χ4v) is 3.25. The van der Waals surface area contributed by atoms with Gasteiger partial charge in [-0.05, 0) is 18.6 Å². The van der Waals surface area contributed by atoms with E-state index in [1.54, 1.807) is 6.92 Å². The van der Waals surface area contributed by atoms with Crippen LogP contribution in [0.1, 0.15) is 34.4 Å². The molecule has 0 radical (unpaired) electrons. The molecule has 0 aliphatic heterocycles. The van der Waals surface area contributed by atoms with Crippen molar-refractivity contribution in [2.24, 2.45) is 0 Å². The Morgan fingerprint density at radius 2 is 2.05 bits per heavy atom. The van der Waals surface area contributed by atoms with Gasteiger partial charge in [0.25, 0.3) is 0 Å². The summed E-state index contributed by atoms with van der Waals surface area (Å²) in [7, 11) is 0. The Kier molecular flexibility index (Phi) is 5.20. The van der Waals surface area contributed by atoms with Crippen LogP contribution in [0, 0.1) is 6.92 Å². The van der Waals surface area contributed by atoms with Crippen LogP contribution in [0.15, 0.2) is 29.3 Å². The first-order valence-electron chi connectivity index (χ1n) is 6.50. The van der Waals surface area contributed by atoms with E-state index in [4.69, 9.17) is 11.6 Å². The minimum atomic E-state index is -1.00. The number of aromatic carboxylic acids is 1. The molecule has 0 amide bonds. The highest BCUT2D eigenvalue weighted by Gasteiger charge is 2.18. The van der Waals surface area contributed by atoms with Gasteiger partial charge in [0.2, 0.25) is 0 Å². The summed E-state index contributed by atoms with van der Waals surface area (Å²) in [5.41, 5.74) is 1.62. The van der Waals surface area contributed by atoms with Crippen LogP contribution in [0.4, 0.5) is 0 Å². The first kappa shape index (κ1) is 15.8. The number of carboxylic acids is 1. The van der Waals surface area contributed by atoms with Crippen molar-refractivity contribution in [3.05, 3.63) is 51.9 Å². The highest BCUT2D eigenvalue weighted by Crippen LogP contribution is 2.29. The highest BCUT2D eigenvalue weighted by molar-refractivity contribution is 7.98. The second-order valence-corrected chi connectivity index (χ2v) is 5.82. The summed E-state index contributed by atoms with van der Waals surface area (Å²) in [6.07, 6.45) is 0.667. The molecule has 6 heteroatoms. The van der Waals surface area contributed by atoms with Crippen LogP contribution in [0.5, 0.6) is 0 Å².